The number of likely N-dealkylation sites (tertiary alicyclic amines) is 1. The Morgan fingerprint density at radius 3 is 2.62 bits per heavy atom. The van der Waals surface area contributed by atoms with Crippen molar-refractivity contribution in [3.8, 4) is 5.75 Å². The Labute approximate surface area is 126 Å². The molecular formula is C17H25NO3. The van der Waals surface area contributed by atoms with Crippen LogP contribution in [0.25, 0.3) is 0 Å². The Morgan fingerprint density at radius 1 is 1.14 bits per heavy atom. The molecule has 0 aromatic heterocycles. The molecule has 0 spiro atoms. The van der Waals surface area contributed by atoms with Crippen LogP contribution in [0.15, 0.2) is 12.1 Å². The van der Waals surface area contributed by atoms with Gasteiger partial charge in [0.25, 0.3) is 0 Å². The van der Waals surface area contributed by atoms with Gasteiger partial charge in [-0.2, -0.15) is 0 Å². The lowest BCUT2D eigenvalue weighted by atomic mass is 9.99. The molecule has 1 N–H and O–H groups in total. The van der Waals surface area contributed by atoms with Gasteiger partial charge in [-0.25, -0.2) is 0 Å². The van der Waals surface area contributed by atoms with Crippen LogP contribution in [0.4, 0.5) is 0 Å². The van der Waals surface area contributed by atoms with Crippen molar-refractivity contribution in [2.45, 2.75) is 52.0 Å². The number of piperidine rings is 1. The van der Waals surface area contributed by atoms with Crippen molar-refractivity contribution in [2.24, 2.45) is 0 Å². The fourth-order valence-corrected chi connectivity index (χ4v) is 3.33. The van der Waals surface area contributed by atoms with E-state index in [1.165, 1.54) is 18.4 Å². The molecule has 2 saturated heterocycles. The molecule has 2 fully saturated rings. The van der Waals surface area contributed by atoms with E-state index in [9.17, 15) is 5.11 Å². The summed E-state index contributed by atoms with van der Waals surface area (Å²) in [6.07, 6.45) is 3.44. The maximum atomic E-state index is 10.2. The highest BCUT2D eigenvalue weighted by Crippen LogP contribution is 2.29. The van der Waals surface area contributed by atoms with Gasteiger partial charge in [-0.15, -0.1) is 0 Å². The summed E-state index contributed by atoms with van der Waals surface area (Å²) in [7, 11) is 0. The van der Waals surface area contributed by atoms with Crippen LogP contribution in [0.1, 0.15) is 36.0 Å². The summed E-state index contributed by atoms with van der Waals surface area (Å²) >= 11 is 0. The van der Waals surface area contributed by atoms with Gasteiger partial charge < -0.3 is 14.6 Å². The van der Waals surface area contributed by atoms with Crippen LogP contribution in [0.5, 0.6) is 5.75 Å². The van der Waals surface area contributed by atoms with E-state index >= 15 is 0 Å². The average molecular weight is 291 g/mol. The minimum Gasteiger partial charge on any atom is -0.508 e. The van der Waals surface area contributed by atoms with Gasteiger partial charge in [-0.1, -0.05) is 12.5 Å². The van der Waals surface area contributed by atoms with E-state index in [1.54, 1.807) is 0 Å². The minimum absolute atomic E-state index is 0.0982. The van der Waals surface area contributed by atoms with E-state index in [2.05, 4.69) is 17.9 Å². The first-order chi connectivity index (χ1) is 10.1. The molecule has 0 amide bonds. The van der Waals surface area contributed by atoms with E-state index in [0.717, 1.165) is 30.6 Å². The first-order valence-corrected chi connectivity index (χ1v) is 7.91. The highest BCUT2D eigenvalue weighted by Gasteiger charge is 2.33. The number of hydrogen-bond acceptors (Lipinski definition) is 4. The fourth-order valence-electron chi connectivity index (χ4n) is 3.33. The zero-order valence-corrected chi connectivity index (χ0v) is 13.0. The van der Waals surface area contributed by atoms with E-state index in [-0.39, 0.29) is 6.29 Å². The molecule has 1 unspecified atom stereocenters. The van der Waals surface area contributed by atoms with Gasteiger partial charge >= 0.3 is 0 Å². The Kier molecular flexibility index (Phi) is 4.48. The molecule has 3 rings (SSSR count). The highest BCUT2D eigenvalue weighted by atomic mass is 16.7. The number of benzene rings is 1. The maximum Gasteiger partial charge on any atom is 0.173 e. The van der Waals surface area contributed by atoms with Crippen LogP contribution in [0, 0.1) is 13.8 Å². The van der Waals surface area contributed by atoms with Crippen molar-refractivity contribution in [1.29, 1.82) is 0 Å². The first-order valence-electron chi connectivity index (χ1n) is 7.91. The molecule has 4 nitrogen and oxygen atoms in total. The lowest BCUT2D eigenvalue weighted by Gasteiger charge is -2.38. The van der Waals surface area contributed by atoms with Crippen LogP contribution < -0.4 is 0 Å². The summed E-state index contributed by atoms with van der Waals surface area (Å²) in [6, 6.07) is 4.28. The topological polar surface area (TPSA) is 41.9 Å². The predicted molar refractivity (Wildman–Crippen MR) is 81.3 cm³/mol. The third-order valence-corrected chi connectivity index (χ3v) is 4.69. The smallest absolute Gasteiger partial charge is 0.173 e. The second kappa shape index (κ2) is 6.34. The lowest BCUT2D eigenvalue weighted by molar-refractivity contribution is -0.111. The largest absolute Gasteiger partial charge is 0.508 e. The van der Waals surface area contributed by atoms with Gasteiger partial charge in [-0.05, 0) is 50.4 Å². The zero-order valence-electron chi connectivity index (χ0n) is 13.0. The van der Waals surface area contributed by atoms with Gasteiger partial charge in [0, 0.05) is 12.1 Å². The molecular weight excluding hydrogens is 266 g/mol. The Bertz CT molecular complexity index is 497. The number of rotatable bonds is 3. The number of nitrogens with zero attached hydrogens (tertiary/aromatic N) is 1. The Morgan fingerprint density at radius 2 is 1.86 bits per heavy atom. The molecule has 116 valence electrons. The summed E-state index contributed by atoms with van der Waals surface area (Å²) in [5, 5.41) is 10.2. The normalized spacial score (nSPS) is 24.6. The zero-order chi connectivity index (χ0) is 14.8. The molecule has 0 saturated carbocycles. The standard InChI is InChI=1S/C17H25NO3/c1-12-9-14(16(19)10-13(12)2)11-18-6-4-3-5-15(18)17-20-7-8-21-17/h9-10,15,17,19H,3-8,11H2,1-2H3. The summed E-state index contributed by atoms with van der Waals surface area (Å²) in [6.45, 7) is 7.33. The molecule has 2 heterocycles. The van der Waals surface area contributed by atoms with Crippen LogP contribution in [0.2, 0.25) is 0 Å². The molecule has 2 aliphatic heterocycles. The predicted octanol–water partition coefficient (Wildman–Crippen LogP) is 2.74. The van der Waals surface area contributed by atoms with Crippen LogP contribution in [-0.2, 0) is 16.0 Å². The molecule has 1 aromatic carbocycles. The van der Waals surface area contributed by atoms with Crippen molar-refractivity contribution in [1.82, 2.24) is 4.90 Å². The second-order valence-corrected chi connectivity index (χ2v) is 6.21. The lowest BCUT2D eigenvalue weighted by Crippen LogP contribution is -2.46. The van der Waals surface area contributed by atoms with Crippen molar-refractivity contribution in [3.05, 3.63) is 28.8 Å². The van der Waals surface area contributed by atoms with Gasteiger partial charge in [-0.3, -0.25) is 4.90 Å². The van der Waals surface area contributed by atoms with Crippen LogP contribution in [-0.4, -0.2) is 42.1 Å². The summed E-state index contributed by atoms with van der Waals surface area (Å²) in [5.41, 5.74) is 3.36. The van der Waals surface area contributed by atoms with E-state index in [1.807, 2.05) is 13.0 Å². The number of phenolic OH excluding ortho intramolecular Hbond substituents is 1. The van der Waals surface area contributed by atoms with E-state index in [4.69, 9.17) is 9.47 Å². The second-order valence-electron chi connectivity index (χ2n) is 6.21. The number of ether oxygens (including phenoxy) is 2. The van der Waals surface area contributed by atoms with Gasteiger partial charge in [0.2, 0.25) is 0 Å². The average Bonchev–Trinajstić information content (AvgIpc) is 2.99. The van der Waals surface area contributed by atoms with Crippen molar-refractivity contribution in [3.63, 3.8) is 0 Å². The minimum atomic E-state index is -0.0982. The molecule has 0 aliphatic carbocycles. The first kappa shape index (κ1) is 14.8. The van der Waals surface area contributed by atoms with E-state index in [0.29, 0.717) is 25.0 Å². The molecule has 21 heavy (non-hydrogen) atoms. The number of aryl methyl sites for hydroxylation is 2. The van der Waals surface area contributed by atoms with Crippen molar-refractivity contribution in [2.75, 3.05) is 19.8 Å². The summed E-state index contributed by atoms with van der Waals surface area (Å²) in [4.78, 5) is 2.41. The highest BCUT2D eigenvalue weighted by molar-refractivity contribution is 5.40. The van der Waals surface area contributed by atoms with Gasteiger partial charge in [0.15, 0.2) is 6.29 Å². The van der Waals surface area contributed by atoms with Crippen LogP contribution in [0.3, 0.4) is 0 Å². The summed E-state index contributed by atoms with van der Waals surface area (Å²) < 4.78 is 11.4. The number of phenols is 1. The van der Waals surface area contributed by atoms with Gasteiger partial charge in [0.1, 0.15) is 5.75 Å². The molecule has 0 radical (unpaired) electrons. The van der Waals surface area contributed by atoms with Crippen molar-refractivity contribution >= 4 is 0 Å². The number of hydrogen-bond donors (Lipinski definition) is 1. The SMILES string of the molecule is Cc1cc(O)c(CN2CCCCC2C2OCCO2)cc1C. The monoisotopic (exact) mass is 291 g/mol. The quantitative estimate of drug-likeness (QED) is 0.930. The summed E-state index contributed by atoms with van der Waals surface area (Å²) in [5.74, 6) is 0.399. The third kappa shape index (κ3) is 3.23. The van der Waals surface area contributed by atoms with Crippen LogP contribution >= 0.6 is 0 Å². The molecule has 4 heteroatoms. The number of aromatic hydroxyl groups is 1. The van der Waals surface area contributed by atoms with Gasteiger partial charge in [0.05, 0.1) is 19.3 Å². The molecule has 2 aliphatic rings. The molecule has 1 atom stereocenters. The maximum absolute atomic E-state index is 10.2. The third-order valence-electron chi connectivity index (χ3n) is 4.69. The van der Waals surface area contributed by atoms with Crippen molar-refractivity contribution < 1.29 is 14.6 Å². The fraction of sp³-hybridized carbons (Fsp3) is 0.647. The Hall–Kier alpha value is -1.10. The molecule has 1 aromatic rings. The molecule has 0 bridgehead atoms. The Balaban J connectivity index is 1.76. The van der Waals surface area contributed by atoms with E-state index < -0.39 is 0 Å².